The molecule has 0 saturated carbocycles. The summed E-state index contributed by atoms with van der Waals surface area (Å²) >= 11 is 0. The number of aromatic hydroxyl groups is 2. The molecule has 0 aliphatic rings. The highest BCUT2D eigenvalue weighted by molar-refractivity contribution is 5.44. The van der Waals surface area contributed by atoms with Crippen LogP contribution in [0.25, 0.3) is 0 Å². The predicted octanol–water partition coefficient (Wildman–Crippen LogP) is 6.36. The first-order valence-corrected chi connectivity index (χ1v) is 10.3. The molecule has 1 aromatic rings. The van der Waals surface area contributed by atoms with E-state index >= 15 is 0 Å². The van der Waals surface area contributed by atoms with Crippen LogP contribution >= 0.6 is 0 Å². The Morgan fingerprint density at radius 3 is 1.92 bits per heavy atom. The van der Waals surface area contributed by atoms with Crippen LogP contribution in [0.15, 0.2) is 18.2 Å². The maximum atomic E-state index is 9.75. The van der Waals surface area contributed by atoms with Crippen LogP contribution < -0.4 is 0 Å². The van der Waals surface area contributed by atoms with Gasteiger partial charge in [0.25, 0.3) is 0 Å². The van der Waals surface area contributed by atoms with Crippen molar-refractivity contribution in [3.8, 4) is 11.5 Å². The van der Waals surface area contributed by atoms with Crippen molar-refractivity contribution in [3.05, 3.63) is 23.8 Å². The van der Waals surface area contributed by atoms with Gasteiger partial charge in [0, 0.05) is 13.2 Å². The minimum atomic E-state index is -0.0133. The quantitative estimate of drug-likeness (QED) is 0.269. The number of phenolic OH excluding ortho intramolecular Hbond substituents is 2. The van der Waals surface area contributed by atoms with Crippen LogP contribution in [0.2, 0.25) is 0 Å². The van der Waals surface area contributed by atoms with Gasteiger partial charge >= 0.3 is 0 Å². The van der Waals surface area contributed by atoms with Gasteiger partial charge in [0.2, 0.25) is 0 Å². The van der Waals surface area contributed by atoms with E-state index in [0.29, 0.717) is 0 Å². The first-order valence-electron chi connectivity index (χ1n) is 10.3. The predicted molar refractivity (Wildman–Crippen MR) is 105 cm³/mol. The highest BCUT2D eigenvalue weighted by atomic mass is 16.5. The maximum absolute atomic E-state index is 9.75. The van der Waals surface area contributed by atoms with E-state index in [9.17, 15) is 10.2 Å². The lowest BCUT2D eigenvalue weighted by Crippen LogP contribution is -1.97. The first-order chi connectivity index (χ1) is 12.3. The van der Waals surface area contributed by atoms with Crippen LogP contribution in [0, 0.1) is 0 Å². The summed E-state index contributed by atoms with van der Waals surface area (Å²) in [4.78, 5) is 0. The fraction of sp³-hybridized carbons (Fsp3) is 0.727. The summed E-state index contributed by atoms with van der Waals surface area (Å²) < 4.78 is 5.68. The molecule has 0 unspecified atom stereocenters. The topological polar surface area (TPSA) is 49.7 Å². The van der Waals surface area contributed by atoms with Gasteiger partial charge in [0.1, 0.15) is 0 Å². The van der Waals surface area contributed by atoms with Crippen LogP contribution in [-0.4, -0.2) is 23.4 Å². The van der Waals surface area contributed by atoms with Crippen LogP contribution in [0.5, 0.6) is 11.5 Å². The smallest absolute Gasteiger partial charge is 0.160 e. The van der Waals surface area contributed by atoms with Crippen molar-refractivity contribution in [3.63, 3.8) is 0 Å². The molecule has 144 valence electrons. The average molecular weight is 351 g/mol. The van der Waals surface area contributed by atoms with Crippen LogP contribution in [0.4, 0.5) is 0 Å². The third-order valence-electron chi connectivity index (χ3n) is 4.73. The molecule has 0 aliphatic carbocycles. The third kappa shape index (κ3) is 11.1. The standard InChI is InChI=1S/C22H38O3/c1-2-3-4-9-12-18-25-19-13-10-7-5-6-8-11-15-20-16-14-17-21(23)22(20)24/h14,16-17,23-24H,2-13,15,18-19H2,1H3. The number of benzene rings is 1. The molecule has 0 saturated heterocycles. The Morgan fingerprint density at radius 2 is 1.28 bits per heavy atom. The number of rotatable bonds is 16. The number of hydrogen-bond donors (Lipinski definition) is 2. The zero-order valence-corrected chi connectivity index (χ0v) is 16.1. The van der Waals surface area contributed by atoms with Crippen molar-refractivity contribution in [1.29, 1.82) is 0 Å². The maximum Gasteiger partial charge on any atom is 0.160 e. The van der Waals surface area contributed by atoms with E-state index in [1.54, 1.807) is 6.07 Å². The summed E-state index contributed by atoms with van der Waals surface area (Å²) in [6, 6.07) is 5.20. The number of ether oxygens (including phenoxy) is 1. The van der Waals surface area contributed by atoms with Crippen LogP contribution in [0.1, 0.15) is 89.5 Å². The second-order valence-corrected chi connectivity index (χ2v) is 7.04. The number of aryl methyl sites for hydroxylation is 1. The largest absolute Gasteiger partial charge is 0.504 e. The van der Waals surface area contributed by atoms with Gasteiger partial charge < -0.3 is 14.9 Å². The third-order valence-corrected chi connectivity index (χ3v) is 4.73. The average Bonchev–Trinajstić information content (AvgIpc) is 2.61. The molecule has 0 heterocycles. The van der Waals surface area contributed by atoms with Gasteiger partial charge in [-0.2, -0.15) is 0 Å². The summed E-state index contributed by atoms with van der Waals surface area (Å²) in [5.41, 5.74) is 0.854. The van der Waals surface area contributed by atoms with Gasteiger partial charge in [-0.25, -0.2) is 0 Å². The van der Waals surface area contributed by atoms with Gasteiger partial charge in [-0.1, -0.05) is 76.8 Å². The Labute approximate surface area is 154 Å². The molecule has 0 aliphatic heterocycles. The lowest BCUT2D eigenvalue weighted by atomic mass is 10.0. The Balaban J connectivity index is 1.82. The first kappa shape index (κ1) is 21.8. The van der Waals surface area contributed by atoms with Gasteiger partial charge in [-0.3, -0.25) is 0 Å². The molecule has 25 heavy (non-hydrogen) atoms. The molecule has 1 aromatic carbocycles. The Kier molecular flexibility index (Phi) is 13.2. The second kappa shape index (κ2) is 15.1. The number of unbranched alkanes of at least 4 members (excludes halogenated alkanes) is 10. The van der Waals surface area contributed by atoms with Crippen molar-refractivity contribution in [2.45, 2.75) is 90.4 Å². The molecule has 0 bridgehead atoms. The normalized spacial score (nSPS) is 11.1. The lowest BCUT2D eigenvalue weighted by Gasteiger charge is -2.06. The second-order valence-electron chi connectivity index (χ2n) is 7.04. The minimum absolute atomic E-state index is 0.0133. The van der Waals surface area contributed by atoms with Crippen LogP contribution in [0.3, 0.4) is 0 Å². The van der Waals surface area contributed by atoms with E-state index in [2.05, 4.69) is 6.92 Å². The molecule has 0 amide bonds. The molecule has 1 rings (SSSR count). The van der Waals surface area contributed by atoms with E-state index in [4.69, 9.17) is 4.74 Å². The Morgan fingerprint density at radius 1 is 0.720 bits per heavy atom. The zero-order chi connectivity index (χ0) is 18.2. The number of phenols is 2. The Bertz CT molecular complexity index is 431. The van der Waals surface area contributed by atoms with Crippen molar-refractivity contribution >= 4 is 0 Å². The highest BCUT2D eigenvalue weighted by Crippen LogP contribution is 2.29. The number of para-hydroxylation sites is 1. The molecule has 2 N–H and O–H groups in total. The molecular formula is C22H38O3. The zero-order valence-electron chi connectivity index (χ0n) is 16.1. The van der Waals surface area contributed by atoms with E-state index in [-0.39, 0.29) is 11.5 Å². The summed E-state index contributed by atoms with van der Waals surface area (Å²) in [5.74, 6) is 0.0357. The monoisotopic (exact) mass is 350 g/mol. The SMILES string of the molecule is CCCCCCCOCCCCCCCCCc1cccc(O)c1O. The van der Waals surface area contributed by atoms with Gasteiger partial charge in [0.15, 0.2) is 11.5 Å². The highest BCUT2D eigenvalue weighted by Gasteiger charge is 2.04. The van der Waals surface area contributed by atoms with E-state index in [0.717, 1.165) is 31.6 Å². The minimum Gasteiger partial charge on any atom is -0.504 e. The fourth-order valence-electron chi connectivity index (χ4n) is 3.09. The summed E-state index contributed by atoms with van der Waals surface area (Å²) in [5, 5.41) is 19.2. The van der Waals surface area contributed by atoms with Crippen molar-refractivity contribution < 1.29 is 14.9 Å². The van der Waals surface area contributed by atoms with E-state index in [1.807, 2.05) is 6.07 Å². The van der Waals surface area contributed by atoms with E-state index in [1.165, 1.54) is 76.7 Å². The molecule has 0 aromatic heterocycles. The molecule has 0 radical (unpaired) electrons. The summed E-state index contributed by atoms with van der Waals surface area (Å²) in [6.45, 7) is 4.10. The molecule has 0 spiro atoms. The fourth-order valence-corrected chi connectivity index (χ4v) is 3.09. The van der Waals surface area contributed by atoms with Crippen LogP contribution in [-0.2, 0) is 11.2 Å². The van der Waals surface area contributed by atoms with Crippen molar-refractivity contribution in [2.75, 3.05) is 13.2 Å². The van der Waals surface area contributed by atoms with Crippen molar-refractivity contribution in [2.24, 2.45) is 0 Å². The van der Waals surface area contributed by atoms with Crippen molar-refractivity contribution in [1.82, 2.24) is 0 Å². The summed E-state index contributed by atoms with van der Waals surface area (Å²) in [7, 11) is 0. The summed E-state index contributed by atoms with van der Waals surface area (Å²) in [6.07, 6.45) is 15.9. The van der Waals surface area contributed by atoms with E-state index < -0.39 is 0 Å². The molecule has 3 heteroatoms. The van der Waals surface area contributed by atoms with Gasteiger partial charge in [-0.15, -0.1) is 0 Å². The molecule has 0 fully saturated rings. The lowest BCUT2D eigenvalue weighted by molar-refractivity contribution is 0.125. The molecule has 3 nitrogen and oxygen atoms in total. The Hall–Kier alpha value is -1.22. The molecular weight excluding hydrogens is 312 g/mol. The van der Waals surface area contributed by atoms with Gasteiger partial charge in [-0.05, 0) is 37.3 Å². The van der Waals surface area contributed by atoms with Gasteiger partial charge in [0.05, 0.1) is 0 Å². The number of hydrogen-bond acceptors (Lipinski definition) is 3. The molecule has 0 atom stereocenters.